The molecule has 0 amide bonds. The number of pyridine rings is 1. The molecule has 5 N–H and O–H groups in total. The Balaban J connectivity index is 1.71. The summed E-state index contributed by atoms with van der Waals surface area (Å²) < 4.78 is 40.9. The van der Waals surface area contributed by atoms with Gasteiger partial charge in [0, 0.05) is 11.8 Å². The summed E-state index contributed by atoms with van der Waals surface area (Å²) in [6.07, 6.45) is 0.118. The van der Waals surface area contributed by atoms with Crippen molar-refractivity contribution in [3.63, 3.8) is 0 Å². The maximum atomic E-state index is 13.1. The Bertz CT molecular complexity index is 959. The molecule has 1 fully saturated rings. The van der Waals surface area contributed by atoms with Gasteiger partial charge in [0.2, 0.25) is 4.96 Å². The number of imidazole rings is 1. The molecule has 3 aromatic rings. The van der Waals surface area contributed by atoms with Crippen LogP contribution in [-0.4, -0.2) is 32.7 Å². The van der Waals surface area contributed by atoms with Gasteiger partial charge in [-0.2, -0.15) is 18.3 Å². The fourth-order valence-electron chi connectivity index (χ4n) is 3.29. The molecule has 1 aliphatic heterocycles. The van der Waals surface area contributed by atoms with Gasteiger partial charge in [0.25, 0.3) is 0 Å². The first kappa shape index (κ1) is 18.1. The largest absolute Gasteiger partial charge is 0.419 e. The van der Waals surface area contributed by atoms with E-state index in [9.17, 15) is 13.2 Å². The van der Waals surface area contributed by atoms with E-state index in [0.717, 1.165) is 37.0 Å². The van der Waals surface area contributed by atoms with E-state index in [1.54, 1.807) is 0 Å². The molecule has 11 heteroatoms. The van der Waals surface area contributed by atoms with Crippen LogP contribution in [0.25, 0.3) is 16.2 Å². The highest BCUT2D eigenvalue weighted by molar-refractivity contribution is 7.16. The molecule has 0 spiro atoms. The molecular weight excluding hydrogens is 379 g/mol. The van der Waals surface area contributed by atoms with E-state index in [1.165, 1.54) is 28.2 Å². The molecule has 4 rings (SSSR count). The van der Waals surface area contributed by atoms with Crippen LogP contribution in [0.2, 0.25) is 0 Å². The van der Waals surface area contributed by atoms with E-state index in [0.29, 0.717) is 16.6 Å². The van der Waals surface area contributed by atoms with Crippen LogP contribution < -0.4 is 16.8 Å². The van der Waals surface area contributed by atoms with Crippen LogP contribution in [0.1, 0.15) is 29.5 Å². The molecule has 27 heavy (non-hydrogen) atoms. The van der Waals surface area contributed by atoms with Gasteiger partial charge in [-0.3, -0.25) is 0 Å². The lowest BCUT2D eigenvalue weighted by molar-refractivity contribution is -0.137. The Labute approximate surface area is 156 Å². The molecule has 0 bridgehead atoms. The van der Waals surface area contributed by atoms with Gasteiger partial charge in [-0.05, 0) is 37.9 Å². The second-order valence-electron chi connectivity index (χ2n) is 6.55. The molecule has 144 valence electrons. The monoisotopic (exact) mass is 397 g/mol. The summed E-state index contributed by atoms with van der Waals surface area (Å²) in [6.45, 7) is 1.84. The Morgan fingerprint density at radius 2 is 1.96 bits per heavy atom. The molecule has 0 aliphatic carbocycles. The summed E-state index contributed by atoms with van der Waals surface area (Å²) in [4.78, 5) is 8.53. The number of hydrogen-bond donors (Lipinski definition) is 3. The summed E-state index contributed by atoms with van der Waals surface area (Å²) in [5.74, 6) is -0.237. The number of nitrogens with zero attached hydrogens (tertiary/aromatic N) is 4. The van der Waals surface area contributed by atoms with Crippen molar-refractivity contribution >= 4 is 22.1 Å². The predicted octanol–water partition coefficient (Wildman–Crippen LogP) is 2.45. The third-order valence-electron chi connectivity index (χ3n) is 4.80. The van der Waals surface area contributed by atoms with Gasteiger partial charge in [-0.25, -0.2) is 14.5 Å². The molecule has 1 unspecified atom stereocenters. The number of halogens is 3. The average Bonchev–Trinajstić information content (AvgIpc) is 3.22. The zero-order valence-corrected chi connectivity index (χ0v) is 15.0. The van der Waals surface area contributed by atoms with Gasteiger partial charge < -0.3 is 16.8 Å². The summed E-state index contributed by atoms with van der Waals surface area (Å²) in [5.41, 5.74) is 11.5. The lowest BCUT2D eigenvalue weighted by Gasteiger charge is -2.26. The quantitative estimate of drug-likeness (QED) is 0.627. The van der Waals surface area contributed by atoms with E-state index >= 15 is 0 Å². The zero-order valence-electron chi connectivity index (χ0n) is 14.2. The van der Waals surface area contributed by atoms with Crippen molar-refractivity contribution < 1.29 is 13.2 Å². The van der Waals surface area contributed by atoms with Crippen LogP contribution >= 0.6 is 11.3 Å². The van der Waals surface area contributed by atoms with Crippen molar-refractivity contribution in [3.8, 4) is 11.3 Å². The summed E-state index contributed by atoms with van der Waals surface area (Å²) in [5, 5.41) is 8.55. The van der Waals surface area contributed by atoms with Crippen molar-refractivity contribution in [1.82, 2.24) is 24.9 Å². The predicted molar refractivity (Wildman–Crippen MR) is 96.0 cm³/mol. The van der Waals surface area contributed by atoms with Crippen LogP contribution in [0, 0.1) is 5.92 Å². The first-order valence-corrected chi connectivity index (χ1v) is 9.30. The number of hydrogen-bond acceptors (Lipinski definition) is 7. The Hall–Kier alpha value is -2.24. The Morgan fingerprint density at radius 1 is 1.22 bits per heavy atom. The smallest absolute Gasteiger partial charge is 0.383 e. The number of aromatic nitrogens is 4. The second-order valence-corrected chi connectivity index (χ2v) is 7.53. The Kier molecular flexibility index (Phi) is 4.52. The van der Waals surface area contributed by atoms with E-state index in [4.69, 9.17) is 11.5 Å². The molecule has 7 nitrogen and oxygen atoms in total. The highest BCUT2D eigenvalue weighted by Gasteiger charge is 2.34. The minimum atomic E-state index is -4.58. The minimum Gasteiger partial charge on any atom is -0.383 e. The van der Waals surface area contributed by atoms with Gasteiger partial charge >= 0.3 is 6.18 Å². The molecule has 1 atom stereocenters. The highest BCUT2D eigenvalue weighted by atomic mass is 32.1. The number of nitrogens with one attached hydrogen (secondary N) is 1. The second kappa shape index (κ2) is 6.73. The van der Waals surface area contributed by atoms with E-state index in [-0.39, 0.29) is 11.6 Å². The topological polar surface area (TPSA) is 107 Å². The molecule has 1 aliphatic rings. The number of nitrogens with two attached hydrogens (primary N) is 2. The third-order valence-corrected chi connectivity index (χ3v) is 5.82. The number of anilines is 1. The Morgan fingerprint density at radius 3 is 2.67 bits per heavy atom. The first-order chi connectivity index (χ1) is 12.8. The summed E-state index contributed by atoms with van der Waals surface area (Å²) in [6, 6.07) is 0.749. The highest BCUT2D eigenvalue weighted by Crippen LogP contribution is 2.36. The maximum Gasteiger partial charge on any atom is 0.419 e. The summed E-state index contributed by atoms with van der Waals surface area (Å²) in [7, 11) is 0. The number of nitrogen functional groups attached to an aromatic ring is 1. The standard InChI is InChI=1S/C16H18F3N7S/c17-16(18,19)10-5-9(6-23-13(10)21)11-7-24-15-26(11)25-14(27-15)12(20)8-1-3-22-4-2-8/h5-8,12,22H,1-4,20H2,(H2,21,23). The molecule has 3 aromatic heterocycles. The van der Waals surface area contributed by atoms with Gasteiger partial charge in [0.1, 0.15) is 10.8 Å². The fourth-order valence-corrected chi connectivity index (χ4v) is 4.26. The van der Waals surface area contributed by atoms with Crippen LogP contribution in [0.5, 0.6) is 0 Å². The number of rotatable bonds is 3. The van der Waals surface area contributed by atoms with Gasteiger partial charge in [0.05, 0.1) is 23.5 Å². The van der Waals surface area contributed by atoms with Crippen LogP contribution in [-0.2, 0) is 6.18 Å². The van der Waals surface area contributed by atoms with Crippen LogP contribution in [0.3, 0.4) is 0 Å². The minimum absolute atomic E-state index is 0.220. The summed E-state index contributed by atoms with van der Waals surface area (Å²) >= 11 is 1.36. The van der Waals surface area contributed by atoms with Gasteiger partial charge in [-0.1, -0.05) is 11.3 Å². The zero-order chi connectivity index (χ0) is 19.2. The van der Waals surface area contributed by atoms with Crippen molar-refractivity contribution in [2.24, 2.45) is 11.7 Å². The molecule has 4 heterocycles. The van der Waals surface area contributed by atoms with Crippen molar-refractivity contribution in [3.05, 3.63) is 29.0 Å². The first-order valence-electron chi connectivity index (χ1n) is 8.48. The van der Waals surface area contributed by atoms with Gasteiger partial charge in [-0.15, -0.1) is 0 Å². The molecule has 0 radical (unpaired) electrons. The van der Waals surface area contributed by atoms with Crippen LogP contribution in [0.15, 0.2) is 18.5 Å². The number of piperidine rings is 1. The lowest BCUT2D eigenvalue weighted by Crippen LogP contribution is -2.33. The molecule has 0 aromatic carbocycles. The van der Waals surface area contributed by atoms with Gasteiger partial charge in [0.15, 0.2) is 0 Å². The SMILES string of the molecule is Nc1ncc(-c2cnc3sc(C(N)C4CCNCC4)nn23)cc1C(F)(F)F. The molecular formula is C16H18F3N7S. The van der Waals surface area contributed by atoms with Crippen LogP contribution in [0.4, 0.5) is 19.0 Å². The van der Waals surface area contributed by atoms with Crippen molar-refractivity contribution in [2.45, 2.75) is 25.1 Å². The maximum absolute atomic E-state index is 13.1. The fraction of sp³-hybridized carbons (Fsp3) is 0.438. The number of fused-ring (bicyclic) bond motifs is 1. The number of alkyl halides is 3. The van der Waals surface area contributed by atoms with E-state index in [1.807, 2.05) is 0 Å². The third kappa shape index (κ3) is 3.37. The molecule has 1 saturated heterocycles. The lowest BCUT2D eigenvalue weighted by atomic mass is 9.91. The van der Waals surface area contributed by atoms with E-state index in [2.05, 4.69) is 20.4 Å². The van der Waals surface area contributed by atoms with Crippen molar-refractivity contribution in [1.29, 1.82) is 0 Å². The van der Waals surface area contributed by atoms with Crippen molar-refractivity contribution in [2.75, 3.05) is 18.8 Å². The molecule has 0 saturated carbocycles. The normalized spacial score (nSPS) is 17.5. The van der Waals surface area contributed by atoms with E-state index < -0.39 is 17.6 Å². The average molecular weight is 397 g/mol.